The van der Waals surface area contributed by atoms with Gasteiger partial charge < -0.3 is 5.73 Å². The molecule has 1 saturated carbocycles. The van der Waals surface area contributed by atoms with Gasteiger partial charge in [0.1, 0.15) is 0 Å². The molecule has 0 amide bonds. The van der Waals surface area contributed by atoms with Gasteiger partial charge in [-0.05, 0) is 51.0 Å². The predicted molar refractivity (Wildman–Crippen MR) is 85.0 cm³/mol. The van der Waals surface area contributed by atoms with Crippen LogP contribution in [0.15, 0.2) is 0 Å². The molecule has 1 aliphatic carbocycles. The summed E-state index contributed by atoms with van der Waals surface area (Å²) in [5, 5.41) is 4.88. The smallest absolute Gasteiger partial charge is 0.0629 e. The average molecular weight is 277 g/mol. The number of hydrogen-bond acceptors (Lipinski definition) is 2. The normalized spacial score (nSPS) is 24.9. The molecule has 1 fully saturated rings. The maximum absolute atomic E-state index is 6.15. The molecule has 0 radical (unpaired) electrons. The molecule has 1 aromatic heterocycles. The Balaban J connectivity index is 2.26. The molecule has 3 atom stereocenters. The van der Waals surface area contributed by atoms with Crippen molar-refractivity contribution in [1.82, 2.24) is 9.78 Å². The molecule has 3 heteroatoms. The fourth-order valence-corrected chi connectivity index (χ4v) is 3.71. The zero-order valence-corrected chi connectivity index (χ0v) is 13.7. The van der Waals surface area contributed by atoms with E-state index in [1.54, 1.807) is 0 Å². The summed E-state index contributed by atoms with van der Waals surface area (Å²) in [6.07, 6.45) is 8.67. The van der Waals surface area contributed by atoms with Crippen molar-refractivity contribution in [3.8, 4) is 0 Å². The van der Waals surface area contributed by atoms with Gasteiger partial charge in [0.2, 0.25) is 0 Å². The third-order valence-corrected chi connectivity index (χ3v) is 5.17. The van der Waals surface area contributed by atoms with E-state index in [0.717, 1.165) is 18.8 Å². The minimum absolute atomic E-state index is 0.262. The highest BCUT2D eigenvalue weighted by Crippen LogP contribution is 2.37. The van der Waals surface area contributed by atoms with Crippen LogP contribution in [0.25, 0.3) is 0 Å². The molecule has 0 bridgehead atoms. The van der Waals surface area contributed by atoms with Gasteiger partial charge in [-0.1, -0.05) is 33.1 Å². The summed E-state index contributed by atoms with van der Waals surface area (Å²) >= 11 is 0. The van der Waals surface area contributed by atoms with Crippen LogP contribution in [0.4, 0.5) is 0 Å². The molecule has 0 saturated heterocycles. The van der Waals surface area contributed by atoms with Crippen molar-refractivity contribution in [1.29, 1.82) is 0 Å². The monoisotopic (exact) mass is 277 g/mol. The summed E-state index contributed by atoms with van der Waals surface area (Å²) < 4.78 is 2.33. The first kappa shape index (κ1) is 15.6. The lowest BCUT2D eigenvalue weighted by atomic mass is 9.83. The first-order valence-electron chi connectivity index (χ1n) is 8.38. The van der Waals surface area contributed by atoms with E-state index in [1.807, 2.05) is 0 Å². The van der Waals surface area contributed by atoms with Crippen LogP contribution in [0.2, 0.25) is 0 Å². The van der Waals surface area contributed by atoms with Gasteiger partial charge in [-0.25, -0.2) is 0 Å². The van der Waals surface area contributed by atoms with Crippen molar-refractivity contribution < 1.29 is 0 Å². The van der Waals surface area contributed by atoms with E-state index < -0.39 is 0 Å². The summed E-state index contributed by atoms with van der Waals surface area (Å²) in [6.45, 7) is 8.86. The molecular formula is C17H31N3. The maximum atomic E-state index is 6.15. The molecule has 1 aliphatic rings. The van der Waals surface area contributed by atoms with Crippen molar-refractivity contribution in [3.05, 3.63) is 17.0 Å². The maximum Gasteiger partial charge on any atom is 0.0629 e. The van der Waals surface area contributed by atoms with E-state index >= 15 is 0 Å². The van der Waals surface area contributed by atoms with Gasteiger partial charge in [0.05, 0.1) is 11.7 Å². The van der Waals surface area contributed by atoms with E-state index in [0.29, 0.717) is 6.04 Å². The lowest BCUT2D eigenvalue weighted by molar-refractivity contribution is 0.214. The summed E-state index contributed by atoms with van der Waals surface area (Å²) in [6, 6.07) is 0.873. The van der Waals surface area contributed by atoms with Gasteiger partial charge in [-0.2, -0.15) is 5.10 Å². The van der Waals surface area contributed by atoms with Gasteiger partial charge in [0.15, 0.2) is 0 Å². The van der Waals surface area contributed by atoms with Crippen molar-refractivity contribution >= 4 is 0 Å². The topological polar surface area (TPSA) is 43.8 Å². The predicted octanol–water partition coefficient (Wildman–Crippen LogP) is 3.92. The highest BCUT2D eigenvalue weighted by molar-refractivity contribution is 5.26. The molecule has 114 valence electrons. The van der Waals surface area contributed by atoms with Crippen molar-refractivity contribution in [2.75, 3.05) is 0 Å². The van der Waals surface area contributed by atoms with Gasteiger partial charge in [-0.15, -0.1) is 0 Å². The van der Waals surface area contributed by atoms with Gasteiger partial charge in [0, 0.05) is 11.7 Å². The van der Waals surface area contributed by atoms with E-state index in [1.165, 1.54) is 49.1 Å². The number of nitrogens with zero attached hydrogens (tertiary/aromatic N) is 2. The lowest BCUT2D eigenvalue weighted by Gasteiger charge is -2.32. The van der Waals surface area contributed by atoms with Crippen LogP contribution in [0.1, 0.15) is 75.4 Å². The molecule has 0 aliphatic heterocycles. The third kappa shape index (κ3) is 3.08. The molecule has 2 rings (SSSR count). The molecule has 2 N–H and O–H groups in total. The van der Waals surface area contributed by atoms with Gasteiger partial charge in [0.25, 0.3) is 0 Å². The zero-order chi connectivity index (χ0) is 14.7. The Kier molecular flexibility index (Phi) is 5.25. The number of nitrogens with two attached hydrogens (primary N) is 1. The van der Waals surface area contributed by atoms with E-state index in [4.69, 9.17) is 10.8 Å². The molecule has 1 heterocycles. The first-order valence-corrected chi connectivity index (χ1v) is 8.38. The second-order valence-electron chi connectivity index (χ2n) is 6.49. The number of aryl methyl sites for hydroxylation is 1. The van der Waals surface area contributed by atoms with Crippen molar-refractivity contribution in [2.45, 2.75) is 84.7 Å². The van der Waals surface area contributed by atoms with Crippen LogP contribution >= 0.6 is 0 Å². The molecule has 0 aromatic carbocycles. The second kappa shape index (κ2) is 6.75. The molecule has 1 aromatic rings. The average Bonchev–Trinajstić information content (AvgIpc) is 2.75. The second-order valence-corrected chi connectivity index (χ2v) is 6.49. The van der Waals surface area contributed by atoms with Crippen molar-refractivity contribution in [2.24, 2.45) is 11.7 Å². The van der Waals surface area contributed by atoms with Crippen LogP contribution in [0.3, 0.4) is 0 Å². The number of rotatable bonds is 5. The quantitative estimate of drug-likeness (QED) is 0.886. The summed E-state index contributed by atoms with van der Waals surface area (Å²) in [5.41, 5.74) is 10.1. The Morgan fingerprint density at radius 3 is 2.60 bits per heavy atom. The SMILES string of the molecule is CCC(N)Cc1c(C)nn(C2CCCCC2CC)c1C. The van der Waals surface area contributed by atoms with Crippen LogP contribution in [0, 0.1) is 19.8 Å². The molecule has 0 spiro atoms. The summed E-state index contributed by atoms with van der Waals surface area (Å²) in [4.78, 5) is 0. The summed E-state index contributed by atoms with van der Waals surface area (Å²) in [7, 11) is 0. The van der Waals surface area contributed by atoms with Crippen LogP contribution in [0.5, 0.6) is 0 Å². The Morgan fingerprint density at radius 2 is 1.95 bits per heavy atom. The van der Waals surface area contributed by atoms with Crippen LogP contribution < -0.4 is 5.73 Å². The van der Waals surface area contributed by atoms with Gasteiger partial charge >= 0.3 is 0 Å². The van der Waals surface area contributed by atoms with E-state index in [-0.39, 0.29) is 6.04 Å². The molecular weight excluding hydrogens is 246 g/mol. The van der Waals surface area contributed by atoms with E-state index in [2.05, 4.69) is 32.4 Å². The molecule has 3 nitrogen and oxygen atoms in total. The first-order chi connectivity index (χ1) is 9.58. The highest BCUT2D eigenvalue weighted by atomic mass is 15.3. The zero-order valence-electron chi connectivity index (χ0n) is 13.7. The molecule has 3 unspecified atom stereocenters. The van der Waals surface area contributed by atoms with Crippen LogP contribution in [-0.4, -0.2) is 15.8 Å². The molecule has 20 heavy (non-hydrogen) atoms. The largest absolute Gasteiger partial charge is 0.327 e. The standard InChI is InChI=1S/C17H31N3/c1-5-14-9-7-8-10-17(14)20-13(4)16(12(3)19-20)11-15(18)6-2/h14-15,17H,5-11,18H2,1-4H3. The van der Waals surface area contributed by atoms with Crippen LogP contribution in [-0.2, 0) is 6.42 Å². The van der Waals surface area contributed by atoms with E-state index in [9.17, 15) is 0 Å². The fraction of sp³-hybridized carbons (Fsp3) is 0.824. The highest BCUT2D eigenvalue weighted by Gasteiger charge is 2.28. The number of hydrogen-bond donors (Lipinski definition) is 1. The summed E-state index contributed by atoms with van der Waals surface area (Å²) in [5.74, 6) is 0.800. The van der Waals surface area contributed by atoms with Gasteiger partial charge in [-0.3, -0.25) is 4.68 Å². The minimum atomic E-state index is 0.262. The Labute approximate surface area is 123 Å². The van der Waals surface area contributed by atoms with Crippen molar-refractivity contribution in [3.63, 3.8) is 0 Å². The Morgan fingerprint density at radius 1 is 1.25 bits per heavy atom. The lowest BCUT2D eigenvalue weighted by Crippen LogP contribution is -2.25. The number of aromatic nitrogens is 2. The Hall–Kier alpha value is -0.830. The minimum Gasteiger partial charge on any atom is -0.327 e. The fourth-order valence-electron chi connectivity index (χ4n) is 3.71. The third-order valence-electron chi connectivity index (χ3n) is 5.17. The Bertz CT molecular complexity index is 436.